The molecule has 2 atom stereocenters. The van der Waals surface area contributed by atoms with Gasteiger partial charge < -0.3 is 10.1 Å². The average Bonchev–Trinajstić information content (AvgIpc) is 2.54. The highest BCUT2D eigenvalue weighted by Crippen LogP contribution is 2.43. The number of pyridine rings is 1. The third-order valence-electron chi connectivity index (χ3n) is 5.20. The van der Waals surface area contributed by atoms with E-state index in [1.807, 2.05) is 12.3 Å². The van der Waals surface area contributed by atoms with E-state index in [0.717, 1.165) is 19.6 Å². The fourth-order valence-corrected chi connectivity index (χ4v) is 4.19. The summed E-state index contributed by atoms with van der Waals surface area (Å²) >= 11 is 0. The summed E-state index contributed by atoms with van der Waals surface area (Å²) in [6.07, 6.45) is 10.8. The lowest BCUT2D eigenvalue weighted by Gasteiger charge is -2.45. The second-order valence-corrected chi connectivity index (χ2v) is 6.63. The van der Waals surface area contributed by atoms with E-state index in [1.165, 1.54) is 44.2 Å². The molecule has 2 unspecified atom stereocenters. The topological polar surface area (TPSA) is 34.2 Å². The minimum absolute atomic E-state index is 0.170. The summed E-state index contributed by atoms with van der Waals surface area (Å²) in [5.74, 6) is 0.645. The number of nitrogens with one attached hydrogen (secondary N) is 1. The van der Waals surface area contributed by atoms with Crippen LogP contribution in [0.3, 0.4) is 0 Å². The van der Waals surface area contributed by atoms with Gasteiger partial charge in [-0.3, -0.25) is 4.98 Å². The van der Waals surface area contributed by atoms with Crippen LogP contribution in [0.15, 0.2) is 24.4 Å². The Morgan fingerprint density at radius 1 is 1.33 bits per heavy atom. The molecule has 2 fully saturated rings. The lowest BCUT2D eigenvalue weighted by Crippen LogP contribution is -2.45. The van der Waals surface area contributed by atoms with E-state index in [9.17, 15) is 0 Å². The van der Waals surface area contributed by atoms with Gasteiger partial charge in [0.25, 0.3) is 0 Å². The summed E-state index contributed by atoms with van der Waals surface area (Å²) in [7, 11) is 0. The zero-order valence-electron chi connectivity index (χ0n) is 13.2. The number of ether oxygens (including phenoxy) is 1. The maximum Gasteiger partial charge on any atom is 0.0686 e. The van der Waals surface area contributed by atoms with Gasteiger partial charge in [-0.15, -0.1) is 0 Å². The van der Waals surface area contributed by atoms with Crippen LogP contribution in [-0.2, 0) is 4.74 Å². The van der Waals surface area contributed by atoms with Gasteiger partial charge >= 0.3 is 0 Å². The van der Waals surface area contributed by atoms with Crippen LogP contribution in [0.4, 0.5) is 0 Å². The third-order valence-corrected chi connectivity index (χ3v) is 5.20. The van der Waals surface area contributed by atoms with Crippen LogP contribution in [0.25, 0.3) is 0 Å². The van der Waals surface area contributed by atoms with Gasteiger partial charge in [0.05, 0.1) is 17.3 Å². The van der Waals surface area contributed by atoms with Gasteiger partial charge in [-0.25, -0.2) is 0 Å². The predicted molar refractivity (Wildman–Crippen MR) is 85.1 cm³/mol. The Morgan fingerprint density at radius 3 is 2.90 bits per heavy atom. The highest BCUT2D eigenvalue weighted by Gasteiger charge is 2.41. The van der Waals surface area contributed by atoms with Crippen LogP contribution >= 0.6 is 0 Å². The molecular weight excluding hydrogens is 260 g/mol. The molecule has 1 aliphatic heterocycles. The first-order valence-corrected chi connectivity index (χ1v) is 8.61. The van der Waals surface area contributed by atoms with Crippen LogP contribution in [0.2, 0.25) is 0 Å². The summed E-state index contributed by atoms with van der Waals surface area (Å²) in [6, 6.07) is 6.64. The average molecular weight is 288 g/mol. The summed E-state index contributed by atoms with van der Waals surface area (Å²) in [4.78, 5) is 4.60. The van der Waals surface area contributed by atoms with E-state index >= 15 is 0 Å². The van der Waals surface area contributed by atoms with Crippen LogP contribution < -0.4 is 5.32 Å². The Labute approximate surface area is 128 Å². The molecule has 3 rings (SSSR count). The minimum atomic E-state index is 0.170. The molecule has 3 nitrogen and oxygen atoms in total. The maximum atomic E-state index is 6.25. The van der Waals surface area contributed by atoms with Crippen molar-refractivity contribution in [2.75, 3.05) is 13.2 Å². The number of aromatic nitrogens is 1. The van der Waals surface area contributed by atoms with Crippen molar-refractivity contribution in [3.8, 4) is 0 Å². The lowest BCUT2D eigenvalue weighted by atomic mass is 9.73. The fraction of sp³-hybridized carbons (Fsp3) is 0.722. The molecule has 0 bridgehead atoms. The first-order valence-electron chi connectivity index (χ1n) is 8.61. The number of rotatable bonds is 4. The highest BCUT2D eigenvalue weighted by atomic mass is 16.5. The molecule has 2 heterocycles. The zero-order valence-corrected chi connectivity index (χ0v) is 13.2. The Bertz CT molecular complexity index is 423. The Balaban J connectivity index is 1.76. The molecule has 21 heavy (non-hydrogen) atoms. The minimum Gasteiger partial charge on any atom is -0.375 e. The van der Waals surface area contributed by atoms with Gasteiger partial charge in [-0.05, 0) is 50.3 Å². The first kappa shape index (κ1) is 15.0. The zero-order chi connectivity index (χ0) is 14.5. The molecule has 1 aromatic rings. The standard InChI is InChI=1S/C18H28N2O/c1-2-19-17(16-8-4-7-12-20-16)15-9-13-21-18(14-15)10-5-3-6-11-18/h4,7-8,12,15,17,19H,2-3,5-6,9-11,13-14H2,1H3. The van der Waals surface area contributed by atoms with E-state index in [4.69, 9.17) is 4.74 Å². The molecule has 0 aromatic carbocycles. The molecule has 1 aliphatic carbocycles. The number of hydrogen-bond donors (Lipinski definition) is 1. The van der Waals surface area contributed by atoms with Crippen molar-refractivity contribution in [2.24, 2.45) is 5.92 Å². The molecule has 1 saturated carbocycles. The van der Waals surface area contributed by atoms with Gasteiger partial charge in [0.1, 0.15) is 0 Å². The molecule has 0 radical (unpaired) electrons. The predicted octanol–water partition coefficient (Wildman–Crippen LogP) is 3.86. The molecule has 1 N–H and O–H groups in total. The van der Waals surface area contributed by atoms with Gasteiger partial charge in [-0.2, -0.15) is 0 Å². The van der Waals surface area contributed by atoms with E-state index < -0.39 is 0 Å². The van der Waals surface area contributed by atoms with E-state index in [1.54, 1.807) is 0 Å². The van der Waals surface area contributed by atoms with Gasteiger partial charge in [-0.1, -0.05) is 32.3 Å². The van der Waals surface area contributed by atoms with Crippen LogP contribution in [0, 0.1) is 5.92 Å². The van der Waals surface area contributed by atoms with Gasteiger partial charge in [0, 0.05) is 12.8 Å². The van der Waals surface area contributed by atoms with Crippen LogP contribution in [0.5, 0.6) is 0 Å². The van der Waals surface area contributed by atoms with Crippen molar-refractivity contribution in [3.63, 3.8) is 0 Å². The molecule has 1 aromatic heterocycles. The smallest absolute Gasteiger partial charge is 0.0686 e. The van der Waals surface area contributed by atoms with Crippen molar-refractivity contribution in [1.29, 1.82) is 0 Å². The second kappa shape index (κ2) is 6.89. The molecule has 0 amide bonds. The van der Waals surface area contributed by atoms with Crippen molar-refractivity contribution < 1.29 is 4.74 Å². The summed E-state index contributed by atoms with van der Waals surface area (Å²) in [6.45, 7) is 4.09. The van der Waals surface area contributed by atoms with Gasteiger partial charge in [0.15, 0.2) is 0 Å². The molecule has 1 spiro atoms. The number of nitrogens with zero attached hydrogens (tertiary/aromatic N) is 1. The fourth-order valence-electron chi connectivity index (χ4n) is 4.19. The monoisotopic (exact) mass is 288 g/mol. The van der Waals surface area contributed by atoms with E-state index in [2.05, 4.69) is 29.4 Å². The molecular formula is C18H28N2O. The molecule has 3 heteroatoms. The van der Waals surface area contributed by atoms with Crippen molar-refractivity contribution in [1.82, 2.24) is 10.3 Å². The van der Waals surface area contributed by atoms with Crippen molar-refractivity contribution in [3.05, 3.63) is 30.1 Å². The summed E-state index contributed by atoms with van der Waals surface area (Å²) < 4.78 is 6.25. The molecule has 116 valence electrons. The highest BCUT2D eigenvalue weighted by molar-refractivity contribution is 5.11. The van der Waals surface area contributed by atoms with Crippen LogP contribution in [0.1, 0.15) is 63.6 Å². The molecule has 2 aliphatic rings. The second-order valence-electron chi connectivity index (χ2n) is 6.63. The molecule has 1 saturated heterocycles. The normalized spacial score (nSPS) is 26.6. The van der Waals surface area contributed by atoms with Crippen molar-refractivity contribution in [2.45, 2.75) is 63.5 Å². The van der Waals surface area contributed by atoms with E-state index in [-0.39, 0.29) is 5.60 Å². The van der Waals surface area contributed by atoms with Crippen LogP contribution in [-0.4, -0.2) is 23.7 Å². The summed E-state index contributed by atoms with van der Waals surface area (Å²) in [5, 5.41) is 3.67. The van der Waals surface area contributed by atoms with Crippen molar-refractivity contribution >= 4 is 0 Å². The Hall–Kier alpha value is -0.930. The third kappa shape index (κ3) is 3.46. The summed E-state index contributed by atoms with van der Waals surface area (Å²) in [5.41, 5.74) is 1.36. The van der Waals surface area contributed by atoms with E-state index in [0.29, 0.717) is 12.0 Å². The maximum absolute atomic E-state index is 6.25. The Morgan fingerprint density at radius 2 is 2.19 bits per heavy atom. The SMILES string of the molecule is CCNC(c1ccccn1)C1CCOC2(CCCCC2)C1. The Kier molecular flexibility index (Phi) is 4.91. The first-order chi connectivity index (χ1) is 10.3. The lowest BCUT2D eigenvalue weighted by molar-refractivity contribution is -0.122. The quantitative estimate of drug-likeness (QED) is 0.913. The van der Waals surface area contributed by atoms with Gasteiger partial charge in [0.2, 0.25) is 0 Å². The number of hydrogen-bond acceptors (Lipinski definition) is 3. The largest absolute Gasteiger partial charge is 0.375 e.